The van der Waals surface area contributed by atoms with Crippen LogP contribution in [0.15, 0.2) is 48.5 Å². The summed E-state index contributed by atoms with van der Waals surface area (Å²) >= 11 is 0. The van der Waals surface area contributed by atoms with Crippen LogP contribution in [0.3, 0.4) is 0 Å². The molecule has 0 atom stereocenters. The number of ether oxygens (including phenoxy) is 1. The fourth-order valence-corrected chi connectivity index (χ4v) is 3.81. The third-order valence-electron chi connectivity index (χ3n) is 5.51. The van der Waals surface area contributed by atoms with Gasteiger partial charge in [0.05, 0.1) is 23.8 Å². The van der Waals surface area contributed by atoms with Gasteiger partial charge in [0.1, 0.15) is 5.75 Å². The smallest absolute Gasteiger partial charge is 0.223 e. The van der Waals surface area contributed by atoms with Gasteiger partial charge in [-0.15, -0.1) is 0 Å². The molecule has 6 nitrogen and oxygen atoms in total. The second-order valence-electron chi connectivity index (χ2n) is 7.45. The molecule has 150 valence electrons. The highest BCUT2D eigenvalue weighted by Crippen LogP contribution is 2.25. The SMILES string of the molecule is COc1ccc(CNC(=O)C2CCN(c3nc4ccccc4nc3C)CC2)cc1. The van der Waals surface area contributed by atoms with Gasteiger partial charge in [0, 0.05) is 25.6 Å². The van der Waals surface area contributed by atoms with Gasteiger partial charge in [-0.2, -0.15) is 0 Å². The normalized spacial score (nSPS) is 14.8. The molecule has 0 radical (unpaired) electrons. The first kappa shape index (κ1) is 19.2. The molecule has 1 fully saturated rings. The molecule has 29 heavy (non-hydrogen) atoms. The number of anilines is 1. The van der Waals surface area contributed by atoms with E-state index in [-0.39, 0.29) is 11.8 Å². The number of para-hydroxylation sites is 2. The lowest BCUT2D eigenvalue weighted by molar-refractivity contribution is -0.125. The third kappa shape index (κ3) is 4.31. The molecule has 1 aliphatic heterocycles. The number of carbonyl (C=O) groups is 1. The van der Waals surface area contributed by atoms with Crippen molar-refractivity contribution in [1.82, 2.24) is 15.3 Å². The van der Waals surface area contributed by atoms with Gasteiger partial charge in [0.15, 0.2) is 5.82 Å². The first-order chi connectivity index (χ1) is 14.1. The van der Waals surface area contributed by atoms with Crippen LogP contribution in [0.25, 0.3) is 11.0 Å². The van der Waals surface area contributed by atoms with Crippen LogP contribution in [0, 0.1) is 12.8 Å². The van der Waals surface area contributed by atoms with Crippen molar-refractivity contribution >= 4 is 22.8 Å². The summed E-state index contributed by atoms with van der Waals surface area (Å²) in [6.45, 7) is 4.17. The maximum Gasteiger partial charge on any atom is 0.223 e. The lowest BCUT2D eigenvalue weighted by Crippen LogP contribution is -2.41. The van der Waals surface area contributed by atoms with E-state index in [0.29, 0.717) is 6.54 Å². The van der Waals surface area contributed by atoms with Crippen LogP contribution in [-0.4, -0.2) is 36.1 Å². The van der Waals surface area contributed by atoms with Gasteiger partial charge in [0.2, 0.25) is 5.91 Å². The van der Waals surface area contributed by atoms with Crippen molar-refractivity contribution in [2.24, 2.45) is 5.92 Å². The van der Waals surface area contributed by atoms with Crippen LogP contribution < -0.4 is 15.0 Å². The number of piperidine rings is 1. The molecule has 1 N–H and O–H groups in total. The van der Waals surface area contributed by atoms with Crippen molar-refractivity contribution < 1.29 is 9.53 Å². The summed E-state index contributed by atoms with van der Waals surface area (Å²) in [4.78, 5) is 24.3. The molecule has 0 bridgehead atoms. The number of carbonyl (C=O) groups excluding carboxylic acids is 1. The fourth-order valence-electron chi connectivity index (χ4n) is 3.81. The predicted molar refractivity (Wildman–Crippen MR) is 114 cm³/mol. The molecular formula is C23H26N4O2. The highest BCUT2D eigenvalue weighted by molar-refractivity contribution is 5.79. The summed E-state index contributed by atoms with van der Waals surface area (Å²) in [6.07, 6.45) is 1.64. The molecule has 6 heteroatoms. The van der Waals surface area contributed by atoms with Crippen molar-refractivity contribution in [3.05, 3.63) is 59.8 Å². The molecule has 0 aliphatic carbocycles. The Bertz CT molecular complexity index is 995. The van der Waals surface area contributed by atoms with Crippen LogP contribution in [0.2, 0.25) is 0 Å². The highest BCUT2D eigenvalue weighted by atomic mass is 16.5. The molecule has 1 saturated heterocycles. The van der Waals surface area contributed by atoms with Crippen LogP contribution >= 0.6 is 0 Å². The average Bonchev–Trinajstić information content (AvgIpc) is 2.77. The van der Waals surface area contributed by atoms with E-state index in [4.69, 9.17) is 9.72 Å². The number of fused-ring (bicyclic) bond motifs is 1. The van der Waals surface area contributed by atoms with Gasteiger partial charge in [0.25, 0.3) is 0 Å². The molecule has 0 saturated carbocycles. The Hall–Kier alpha value is -3.15. The van der Waals surface area contributed by atoms with E-state index in [0.717, 1.165) is 59.8 Å². The molecule has 3 aromatic rings. The van der Waals surface area contributed by atoms with E-state index in [9.17, 15) is 4.79 Å². The standard InChI is InChI=1S/C23H26N4O2/c1-16-22(26-21-6-4-3-5-20(21)25-16)27-13-11-18(12-14-27)23(28)24-15-17-7-9-19(29-2)10-8-17/h3-10,18H,11-15H2,1-2H3,(H,24,28). The van der Waals surface area contributed by atoms with Crippen LogP contribution in [0.1, 0.15) is 24.1 Å². The summed E-state index contributed by atoms with van der Waals surface area (Å²) in [7, 11) is 1.65. The Labute approximate surface area is 170 Å². The zero-order valence-corrected chi connectivity index (χ0v) is 16.9. The van der Waals surface area contributed by atoms with E-state index in [2.05, 4.69) is 15.2 Å². The van der Waals surface area contributed by atoms with Gasteiger partial charge < -0.3 is 15.0 Å². The van der Waals surface area contributed by atoms with Gasteiger partial charge >= 0.3 is 0 Å². The summed E-state index contributed by atoms with van der Waals surface area (Å²) in [5.41, 5.74) is 3.83. The maximum atomic E-state index is 12.6. The number of hydrogen-bond donors (Lipinski definition) is 1. The summed E-state index contributed by atoms with van der Waals surface area (Å²) < 4.78 is 5.17. The van der Waals surface area contributed by atoms with E-state index in [1.54, 1.807) is 7.11 Å². The molecule has 1 aromatic heterocycles. The van der Waals surface area contributed by atoms with E-state index >= 15 is 0 Å². The Morgan fingerprint density at radius 3 is 2.38 bits per heavy atom. The van der Waals surface area contributed by atoms with Gasteiger partial charge in [-0.1, -0.05) is 24.3 Å². The Morgan fingerprint density at radius 1 is 1.07 bits per heavy atom. The summed E-state index contributed by atoms with van der Waals surface area (Å²) in [5.74, 6) is 1.92. The number of amides is 1. The molecule has 1 amide bonds. The molecule has 2 heterocycles. The predicted octanol–water partition coefficient (Wildman–Crippen LogP) is 3.48. The highest BCUT2D eigenvalue weighted by Gasteiger charge is 2.26. The molecular weight excluding hydrogens is 364 g/mol. The first-order valence-electron chi connectivity index (χ1n) is 10.0. The Balaban J connectivity index is 1.34. The number of nitrogens with one attached hydrogen (secondary N) is 1. The minimum absolute atomic E-state index is 0.0400. The topological polar surface area (TPSA) is 67.3 Å². The lowest BCUT2D eigenvalue weighted by Gasteiger charge is -2.32. The van der Waals surface area contributed by atoms with E-state index < -0.39 is 0 Å². The Kier molecular flexibility index (Phi) is 5.60. The quantitative estimate of drug-likeness (QED) is 0.722. The number of hydrogen-bond acceptors (Lipinski definition) is 5. The van der Waals surface area contributed by atoms with Crippen molar-refractivity contribution in [3.63, 3.8) is 0 Å². The Morgan fingerprint density at radius 2 is 1.72 bits per heavy atom. The maximum absolute atomic E-state index is 12.6. The summed E-state index contributed by atoms with van der Waals surface area (Å²) in [6, 6.07) is 15.7. The number of aromatic nitrogens is 2. The van der Waals surface area contributed by atoms with Crippen molar-refractivity contribution in [2.45, 2.75) is 26.3 Å². The number of methoxy groups -OCH3 is 1. The van der Waals surface area contributed by atoms with Crippen LogP contribution in [0.5, 0.6) is 5.75 Å². The largest absolute Gasteiger partial charge is 0.497 e. The fraction of sp³-hybridized carbons (Fsp3) is 0.348. The molecule has 1 aliphatic rings. The number of nitrogens with zero attached hydrogens (tertiary/aromatic N) is 3. The van der Waals surface area contributed by atoms with Gasteiger partial charge in [-0.05, 0) is 49.6 Å². The second-order valence-corrected chi connectivity index (χ2v) is 7.45. The number of aryl methyl sites for hydroxylation is 1. The van der Waals surface area contributed by atoms with Crippen LogP contribution in [0.4, 0.5) is 5.82 Å². The number of benzene rings is 2. The molecule has 4 rings (SSSR count). The van der Waals surface area contributed by atoms with E-state index in [1.807, 2.05) is 55.5 Å². The first-order valence-corrected chi connectivity index (χ1v) is 10.0. The van der Waals surface area contributed by atoms with E-state index in [1.165, 1.54) is 0 Å². The zero-order valence-electron chi connectivity index (χ0n) is 16.9. The van der Waals surface area contributed by atoms with Crippen molar-refractivity contribution in [2.75, 3.05) is 25.1 Å². The lowest BCUT2D eigenvalue weighted by atomic mass is 9.95. The minimum atomic E-state index is 0.0400. The third-order valence-corrected chi connectivity index (χ3v) is 5.51. The molecule has 0 spiro atoms. The van der Waals surface area contributed by atoms with Crippen LogP contribution in [-0.2, 0) is 11.3 Å². The minimum Gasteiger partial charge on any atom is -0.497 e. The number of rotatable bonds is 5. The second kappa shape index (κ2) is 8.47. The van der Waals surface area contributed by atoms with Gasteiger partial charge in [-0.25, -0.2) is 9.97 Å². The average molecular weight is 390 g/mol. The van der Waals surface area contributed by atoms with Crippen molar-refractivity contribution in [1.29, 1.82) is 0 Å². The monoisotopic (exact) mass is 390 g/mol. The molecule has 2 aromatic carbocycles. The summed E-state index contributed by atoms with van der Waals surface area (Å²) in [5, 5.41) is 3.07. The van der Waals surface area contributed by atoms with Crippen molar-refractivity contribution in [3.8, 4) is 5.75 Å². The molecule has 0 unspecified atom stereocenters. The zero-order chi connectivity index (χ0) is 20.2. The van der Waals surface area contributed by atoms with Gasteiger partial charge in [-0.3, -0.25) is 4.79 Å².